The van der Waals surface area contributed by atoms with Crippen LogP contribution in [0.1, 0.15) is 12.0 Å². The van der Waals surface area contributed by atoms with Crippen molar-refractivity contribution in [2.45, 2.75) is 12.8 Å². The van der Waals surface area contributed by atoms with Crippen LogP contribution < -0.4 is 15.0 Å². The zero-order valence-electron chi connectivity index (χ0n) is 16.3. The van der Waals surface area contributed by atoms with E-state index >= 15 is 0 Å². The summed E-state index contributed by atoms with van der Waals surface area (Å²) in [5.74, 6) is 1.83. The second-order valence-electron chi connectivity index (χ2n) is 7.59. The Hall–Kier alpha value is -2.67. The van der Waals surface area contributed by atoms with Gasteiger partial charge in [-0.2, -0.15) is 0 Å². The van der Waals surface area contributed by atoms with E-state index in [1.807, 2.05) is 29.2 Å². The van der Waals surface area contributed by atoms with Gasteiger partial charge in [-0.1, -0.05) is 12.1 Å². The Labute approximate surface area is 165 Å². The van der Waals surface area contributed by atoms with Crippen molar-refractivity contribution in [1.29, 1.82) is 0 Å². The van der Waals surface area contributed by atoms with Gasteiger partial charge in [-0.3, -0.25) is 4.79 Å². The SMILES string of the molecule is COc1cccc(CC2(C(=O)N3CCCN(c4ncccn4)CC3)CNC2)c1. The lowest BCUT2D eigenvalue weighted by atomic mass is 9.75. The molecule has 0 saturated carbocycles. The molecular weight excluding hydrogens is 354 g/mol. The summed E-state index contributed by atoms with van der Waals surface area (Å²) in [6.07, 6.45) is 5.18. The van der Waals surface area contributed by atoms with E-state index in [2.05, 4.69) is 26.3 Å². The number of aromatic nitrogens is 2. The van der Waals surface area contributed by atoms with Gasteiger partial charge in [-0.05, 0) is 36.6 Å². The third-order valence-electron chi connectivity index (χ3n) is 5.68. The van der Waals surface area contributed by atoms with Crippen LogP contribution in [-0.2, 0) is 11.2 Å². The fourth-order valence-corrected chi connectivity index (χ4v) is 4.06. The Kier molecular flexibility index (Phi) is 5.43. The van der Waals surface area contributed by atoms with Crippen molar-refractivity contribution in [3.05, 3.63) is 48.3 Å². The van der Waals surface area contributed by atoms with Crippen molar-refractivity contribution >= 4 is 11.9 Å². The van der Waals surface area contributed by atoms with Crippen LogP contribution in [0.4, 0.5) is 5.95 Å². The predicted octanol–water partition coefficient (Wildman–Crippen LogP) is 1.36. The first-order chi connectivity index (χ1) is 13.7. The van der Waals surface area contributed by atoms with Gasteiger partial charge in [0.2, 0.25) is 11.9 Å². The molecule has 7 heteroatoms. The number of benzene rings is 1. The monoisotopic (exact) mass is 381 g/mol. The number of hydrogen-bond acceptors (Lipinski definition) is 6. The first kappa shape index (κ1) is 18.7. The van der Waals surface area contributed by atoms with E-state index in [1.54, 1.807) is 19.5 Å². The summed E-state index contributed by atoms with van der Waals surface area (Å²) in [6, 6.07) is 9.86. The summed E-state index contributed by atoms with van der Waals surface area (Å²) < 4.78 is 5.34. The Morgan fingerprint density at radius 3 is 2.68 bits per heavy atom. The lowest BCUT2D eigenvalue weighted by molar-refractivity contribution is -0.145. The molecule has 1 N–H and O–H groups in total. The van der Waals surface area contributed by atoms with Crippen LogP contribution >= 0.6 is 0 Å². The lowest BCUT2D eigenvalue weighted by Crippen LogP contribution is -2.63. The minimum Gasteiger partial charge on any atom is -0.497 e. The Balaban J connectivity index is 1.45. The molecule has 2 saturated heterocycles. The van der Waals surface area contributed by atoms with Gasteiger partial charge in [-0.15, -0.1) is 0 Å². The number of nitrogens with one attached hydrogen (secondary N) is 1. The Morgan fingerprint density at radius 2 is 1.96 bits per heavy atom. The molecule has 28 heavy (non-hydrogen) atoms. The van der Waals surface area contributed by atoms with Gasteiger partial charge in [0.15, 0.2) is 0 Å². The molecule has 4 rings (SSSR count). The van der Waals surface area contributed by atoms with Crippen molar-refractivity contribution in [2.24, 2.45) is 5.41 Å². The molecule has 2 aliphatic rings. The second-order valence-corrected chi connectivity index (χ2v) is 7.59. The lowest BCUT2D eigenvalue weighted by Gasteiger charge is -2.44. The predicted molar refractivity (Wildman–Crippen MR) is 107 cm³/mol. The number of anilines is 1. The van der Waals surface area contributed by atoms with Gasteiger partial charge in [0.05, 0.1) is 12.5 Å². The van der Waals surface area contributed by atoms with Crippen LogP contribution in [0.15, 0.2) is 42.7 Å². The number of carbonyl (C=O) groups excluding carboxylic acids is 1. The first-order valence-electron chi connectivity index (χ1n) is 9.85. The van der Waals surface area contributed by atoms with Gasteiger partial charge in [0.1, 0.15) is 5.75 Å². The van der Waals surface area contributed by atoms with E-state index in [4.69, 9.17) is 4.74 Å². The Bertz CT molecular complexity index is 809. The fourth-order valence-electron chi connectivity index (χ4n) is 4.06. The summed E-state index contributed by atoms with van der Waals surface area (Å²) in [4.78, 5) is 26.4. The molecule has 2 fully saturated rings. The quantitative estimate of drug-likeness (QED) is 0.843. The molecule has 3 heterocycles. The zero-order valence-corrected chi connectivity index (χ0v) is 16.3. The third kappa shape index (κ3) is 3.80. The second kappa shape index (κ2) is 8.14. The molecule has 1 aromatic carbocycles. The number of rotatable bonds is 5. The zero-order chi connectivity index (χ0) is 19.4. The maximum atomic E-state index is 13.5. The number of amides is 1. The molecule has 1 aromatic heterocycles. The molecule has 0 bridgehead atoms. The van der Waals surface area contributed by atoms with E-state index in [0.29, 0.717) is 6.54 Å². The van der Waals surface area contributed by atoms with E-state index < -0.39 is 0 Å². The van der Waals surface area contributed by atoms with Crippen molar-refractivity contribution in [3.63, 3.8) is 0 Å². The fraction of sp³-hybridized carbons (Fsp3) is 0.476. The molecule has 2 aromatic rings. The third-order valence-corrected chi connectivity index (χ3v) is 5.68. The summed E-state index contributed by atoms with van der Waals surface area (Å²) in [7, 11) is 1.67. The summed E-state index contributed by atoms with van der Waals surface area (Å²) >= 11 is 0. The van der Waals surface area contributed by atoms with Gasteiger partial charge < -0.3 is 19.9 Å². The van der Waals surface area contributed by atoms with Crippen LogP contribution in [-0.4, -0.2) is 67.2 Å². The van der Waals surface area contributed by atoms with Crippen molar-refractivity contribution < 1.29 is 9.53 Å². The average molecular weight is 381 g/mol. The molecule has 0 atom stereocenters. The van der Waals surface area contributed by atoms with E-state index in [0.717, 1.165) is 62.8 Å². The minimum atomic E-state index is -0.356. The first-order valence-corrected chi connectivity index (χ1v) is 9.85. The molecule has 0 spiro atoms. The summed E-state index contributed by atoms with van der Waals surface area (Å²) in [5.41, 5.74) is 0.786. The van der Waals surface area contributed by atoms with Gasteiger partial charge in [0.25, 0.3) is 0 Å². The Morgan fingerprint density at radius 1 is 1.14 bits per heavy atom. The number of nitrogens with zero attached hydrogens (tertiary/aromatic N) is 4. The van der Waals surface area contributed by atoms with Crippen molar-refractivity contribution in [3.8, 4) is 5.75 Å². The molecular formula is C21H27N5O2. The maximum Gasteiger partial charge on any atom is 0.231 e. The molecule has 7 nitrogen and oxygen atoms in total. The van der Waals surface area contributed by atoms with Crippen LogP contribution in [0, 0.1) is 5.41 Å². The van der Waals surface area contributed by atoms with E-state index in [1.165, 1.54) is 0 Å². The maximum absolute atomic E-state index is 13.5. The molecule has 0 radical (unpaired) electrons. The molecule has 2 aliphatic heterocycles. The van der Waals surface area contributed by atoms with Gasteiger partial charge in [-0.25, -0.2) is 9.97 Å². The van der Waals surface area contributed by atoms with E-state index in [9.17, 15) is 4.79 Å². The van der Waals surface area contributed by atoms with E-state index in [-0.39, 0.29) is 11.3 Å². The number of hydrogen-bond donors (Lipinski definition) is 1. The molecule has 0 unspecified atom stereocenters. The number of carbonyl (C=O) groups is 1. The minimum absolute atomic E-state index is 0.255. The van der Waals surface area contributed by atoms with Crippen LogP contribution in [0.2, 0.25) is 0 Å². The van der Waals surface area contributed by atoms with Crippen molar-refractivity contribution in [1.82, 2.24) is 20.2 Å². The molecule has 1 amide bonds. The van der Waals surface area contributed by atoms with Crippen molar-refractivity contribution in [2.75, 3.05) is 51.3 Å². The average Bonchev–Trinajstić information content (AvgIpc) is 2.97. The number of ether oxygens (including phenoxy) is 1. The summed E-state index contributed by atoms with van der Waals surface area (Å²) in [5, 5.41) is 3.31. The van der Waals surface area contributed by atoms with Gasteiger partial charge in [0, 0.05) is 51.7 Å². The van der Waals surface area contributed by atoms with Crippen LogP contribution in [0.25, 0.3) is 0 Å². The van der Waals surface area contributed by atoms with Crippen LogP contribution in [0.3, 0.4) is 0 Å². The normalized spacial score (nSPS) is 18.9. The largest absolute Gasteiger partial charge is 0.497 e. The highest BCUT2D eigenvalue weighted by Gasteiger charge is 2.46. The van der Waals surface area contributed by atoms with Crippen LogP contribution in [0.5, 0.6) is 5.75 Å². The van der Waals surface area contributed by atoms with Gasteiger partial charge >= 0.3 is 0 Å². The topological polar surface area (TPSA) is 70.6 Å². The molecule has 0 aliphatic carbocycles. The smallest absolute Gasteiger partial charge is 0.231 e. The highest BCUT2D eigenvalue weighted by Crippen LogP contribution is 2.32. The highest BCUT2D eigenvalue weighted by molar-refractivity contribution is 5.85. The summed E-state index contributed by atoms with van der Waals surface area (Å²) in [6.45, 7) is 4.57. The standard InChI is InChI=1S/C21H27N5O2/c1-28-18-6-2-5-17(13-18)14-21(15-22-16-21)19(27)25-9-4-10-26(12-11-25)20-23-7-3-8-24-20/h2-3,5-8,13,22H,4,9-12,14-16H2,1H3. The number of methoxy groups -OCH3 is 1. The highest BCUT2D eigenvalue weighted by atomic mass is 16.5. The molecule has 148 valence electrons.